The van der Waals surface area contributed by atoms with Gasteiger partial charge in [0.05, 0.1) is 12.8 Å². The van der Waals surface area contributed by atoms with Gasteiger partial charge in [-0.2, -0.15) is 5.10 Å². The van der Waals surface area contributed by atoms with Crippen LogP contribution in [0.3, 0.4) is 0 Å². The van der Waals surface area contributed by atoms with E-state index < -0.39 is 0 Å². The zero-order chi connectivity index (χ0) is 17.2. The Hall–Kier alpha value is -1.88. The summed E-state index contributed by atoms with van der Waals surface area (Å²) in [7, 11) is 0. The van der Waals surface area contributed by atoms with Gasteiger partial charge < -0.3 is 10.1 Å². The number of thiocarbonyl (C=S) groups is 1. The van der Waals surface area contributed by atoms with Gasteiger partial charge in [0, 0.05) is 6.04 Å². The smallest absolute Gasteiger partial charge is 0.187 e. The molecule has 2 saturated carbocycles. The lowest BCUT2D eigenvalue weighted by molar-refractivity contribution is 0.246. The van der Waals surface area contributed by atoms with E-state index >= 15 is 0 Å². The van der Waals surface area contributed by atoms with Crippen LogP contribution in [0.2, 0.25) is 0 Å². The van der Waals surface area contributed by atoms with E-state index in [0.717, 1.165) is 35.0 Å². The largest absolute Gasteiger partial charge is 0.494 e. The van der Waals surface area contributed by atoms with Crippen LogP contribution < -0.4 is 15.5 Å². The number of rotatable bonds is 5. The zero-order valence-corrected chi connectivity index (χ0v) is 15.3. The van der Waals surface area contributed by atoms with Gasteiger partial charge >= 0.3 is 0 Å². The molecule has 0 spiro atoms. The van der Waals surface area contributed by atoms with E-state index in [4.69, 9.17) is 17.0 Å². The summed E-state index contributed by atoms with van der Waals surface area (Å²) in [6.07, 6.45) is 10.5. The Labute approximate surface area is 154 Å². The fourth-order valence-electron chi connectivity index (χ4n) is 4.89. The average Bonchev–Trinajstić information content (AvgIpc) is 3.29. The minimum atomic E-state index is 0.495. The lowest BCUT2D eigenvalue weighted by Crippen LogP contribution is -2.45. The molecule has 25 heavy (non-hydrogen) atoms. The quantitative estimate of drug-likeness (QED) is 0.367. The first-order valence-electron chi connectivity index (χ1n) is 9.23. The van der Waals surface area contributed by atoms with Gasteiger partial charge in [0.2, 0.25) is 0 Å². The van der Waals surface area contributed by atoms with Crippen LogP contribution in [0.5, 0.6) is 5.75 Å². The summed E-state index contributed by atoms with van der Waals surface area (Å²) in [5.74, 6) is 4.16. The molecule has 5 atom stereocenters. The Balaban J connectivity index is 1.26. The second-order valence-electron chi connectivity index (χ2n) is 7.25. The predicted octanol–water partition coefficient (Wildman–Crippen LogP) is 3.48. The predicted molar refractivity (Wildman–Crippen MR) is 105 cm³/mol. The van der Waals surface area contributed by atoms with Crippen LogP contribution in [0.25, 0.3) is 0 Å². The van der Waals surface area contributed by atoms with Crippen molar-refractivity contribution in [1.82, 2.24) is 10.7 Å². The summed E-state index contributed by atoms with van der Waals surface area (Å²) in [6, 6.07) is 8.35. The molecule has 0 unspecified atom stereocenters. The van der Waals surface area contributed by atoms with Gasteiger partial charge in [-0.15, -0.1) is 0 Å². The molecule has 132 valence electrons. The van der Waals surface area contributed by atoms with Crippen molar-refractivity contribution in [2.75, 3.05) is 6.61 Å². The maximum absolute atomic E-state index is 5.44. The normalized spacial score (nSPS) is 32.1. The third-order valence-electron chi connectivity index (χ3n) is 5.90. The molecule has 2 bridgehead atoms. The number of nitrogens with one attached hydrogen (secondary N) is 2. The SMILES string of the molecule is CCOc1ccc(/C=N\NC(=S)N[C@H]2C[C@@H]3C[C@@H]2[C@H]2C=CC[C@H]32)cc1. The van der Waals surface area contributed by atoms with Crippen molar-refractivity contribution in [2.24, 2.45) is 28.8 Å². The second-order valence-corrected chi connectivity index (χ2v) is 7.66. The minimum Gasteiger partial charge on any atom is -0.494 e. The third kappa shape index (κ3) is 3.43. The highest BCUT2D eigenvalue weighted by Gasteiger charge is 2.52. The number of nitrogens with zero attached hydrogens (tertiary/aromatic N) is 1. The van der Waals surface area contributed by atoms with Gasteiger partial charge in [0.25, 0.3) is 0 Å². The molecule has 5 heteroatoms. The van der Waals surface area contributed by atoms with Gasteiger partial charge in [-0.1, -0.05) is 12.2 Å². The standard InChI is InChI=1S/C20H25N3OS/c1-2-24-15-8-6-13(7-9-15)12-21-23-20(25)22-19-11-14-10-18(19)17-5-3-4-16(14)17/h3,5-9,12,14,16-19H,2,4,10-11H2,1H3,(H2,22,23,25)/b21-12-/t14-,16+,17-,18+,19-/m0/s1. The number of fused-ring (bicyclic) bond motifs is 5. The molecule has 0 radical (unpaired) electrons. The molecule has 0 aromatic heterocycles. The molecule has 2 N–H and O–H groups in total. The molecule has 2 fully saturated rings. The number of ether oxygens (including phenoxy) is 1. The van der Waals surface area contributed by atoms with Crippen LogP contribution in [0.1, 0.15) is 31.7 Å². The first-order chi connectivity index (χ1) is 12.2. The number of benzene rings is 1. The van der Waals surface area contributed by atoms with E-state index in [2.05, 4.69) is 28.0 Å². The summed E-state index contributed by atoms with van der Waals surface area (Å²) >= 11 is 5.42. The molecule has 3 aliphatic rings. The monoisotopic (exact) mass is 355 g/mol. The Morgan fingerprint density at radius 2 is 2.12 bits per heavy atom. The Morgan fingerprint density at radius 1 is 1.28 bits per heavy atom. The van der Waals surface area contributed by atoms with Gasteiger partial charge in [-0.25, -0.2) is 0 Å². The fourth-order valence-corrected chi connectivity index (χ4v) is 5.10. The molecule has 1 aromatic rings. The van der Waals surface area contributed by atoms with Gasteiger partial charge in [0.15, 0.2) is 5.11 Å². The van der Waals surface area contributed by atoms with Gasteiger partial charge in [-0.3, -0.25) is 5.43 Å². The van der Waals surface area contributed by atoms with E-state index in [1.165, 1.54) is 19.3 Å². The summed E-state index contributed by atoms with van der Waals surface area (Å²) in [5.41, 5.74) is 3.97. The zero-order valence-electron chi connectivity index (χ0n) is 14.5. The van der Waals surface area contributed by atoms with Crippen molar-refractivity contribution in [3.8, 4) is 5.75 Å². The highest BCUT2D eigenvalue weighted by Crippen LogP contribution is 2.56. The van der Waals surface area contributed by atoms with Crippen LogP contribution in [0, 0.1) is 23.7 Å². The van der Waals surface area contributed by atoms with Crippen LogP contribution in [-0.4, -0.2) is 24.0 Å². The molecular weight excluding hydrogens is 330 g/mol. The van der Waals surface area contributed by atoms with Crippen molar-refractivity contribution in [1.29, 1.82) is 0 Å². The summed E-state index contributed by atoms with van der Waals surface area (Å²) in [4.78, 5) is 0. The number of hydrogen-bond donors (Lipinski definition) is 2. The number of hydrazone groups is 1. The molecule has 4 nitrogen and oxygen atoms in total. The molecular formula is C20H25N3OS. The third-order valence-corrected chi connectivity index (χ3v) is 6.11. The molecule has 0 aliphatic heterocycles. The van der Waals surface area contributed by atoms with E-state index in [1.54, 1.807) is 6.21 Å². The molecule has 3 aliphatic carbocycles. The van der Waals surface area contributed by atoms with E-state index in [-0.39, 0.29) is 0 Å². The molecule has 4 rings (SSSR count). The van der Waals surface area contributed by atoms with Crippen molar-refractivity contribution >= 4 is 23.5 Å². The van der Waals surface area contributed by atoms with E-state index in [0.29, 0.717) is 17.8 Å². The maximum atomic E-state index is 5.44. The van der Waals surface area contributed by atoms with Gasteiger partial charge in [-0.05, 0) is 91.9 Å². The first-order valence-corrected chi connectivity index (χ1v) is 9.64. The van der Waals surface area contributed by atoms with Crippen LogP contribution in [0.15, 0.2) is 41.5 Å². The molecule has 1 aromatic carbocycles. The summed E-state index contributed by atoms with van der Waals surface area (Å²) in [6.45, 7) is 2.65. The van der Waals surface area contributed by atoms with Crippen LogP contribution in [0.4, 0.5) is 0 Å². The maximum Gasteiger partial charge on any atom is 0.187 e. The van der Waals surface area contributed by atoms with Crippen LogP contribution >= 0.6 is 12.2 Å². The van der Waals surface area contributed by atoms with Crippen LogP contribution in [-0.2, 0) is 0 Å². The average molecular weight is 356 g/mol. The van der Waals surface area contributed by atoms with Crippen molar-refractivity contribution < 1.29 is 4.74 Å². The molecule has 0 saturated heterocycles. The highest BCUT2D eigenvalue weighted by molar-refractivity contribution is 7.80. The number of allylic oxidation sites excluding steroid dienone is 2. The minimum absolute atomic E-state index is 0.495. The van der Waals surface area contributed by atoms with Crippen molar-refractivity contribution in [2.45, 2.75) is 32.2 Å². The molecule has 0 amide bonds. The highest BCUT2D eigenvalue weighted by atomic mass is 32.1. The molecule has 0 heterocycles. The van der Waals surface area contributed by atoms with Crippen molar-refractivity contribution in [3.63, 3.8) is 0 Å². The van der Waals surface area contributed by atoms with E-state index in [1.807, 2.05) is 31.2 Å². The van der Waals surface area contributed by atoms with Crippen molar-refractivity contribution in [3.05, 3.63) is 42.0 Å². The summed E-state index contributed by atoms with van der Waals surface area (Å²) < 4.78 is 5.44. The topological polar surface area (TPSA) is 45.6 Å². The fraction of sp³-hybridized carbons (Fsp3) is 0.500. The summed E-state index contributed by atoms with van der Waals surface area (Å²) in [5, 5.41) is 8.37. The Morgan fingerprint density at radius 3 is 2.92 bits per heavy atom. The van der Waals surface area contributed by atoms with E-state index in [9.17, 15) is 0 Å². The lowest BCUT2D eigenvalue weighted by atomic mass is 9.79. The second kappa shape index (κ2) is 7.16. The lowest BCUT2D eigenvalue weighted by Gasteiger charge is -2.32. The Kier molecular flexibility index (Phi) is 4.75. The number of hydrogen-bond acceptors (Lipinski definition) is 3. The van der Waals surface area contributed by atoms with Gasteiger partial charge in [0.1, 0.15) is 5.75 Å². The first kappa shape index (κ1) is 16.6. The Bertz CT molecular complexity index is 685.